The SMILES string of the molecule is CC(C)[C@H](NS(=O)(=O)Cc1ccc(Cl)cc1)c1nnc(S(C)(=O)=O)o1. The van der Waals surface area contributed by atoms with E-state index in [4.69, 9.17) is 16.0 Å². The molecular weight excluding hydrogens is 390 g/mol. The van der Waals surface area contributed by atoms with Gasteiger partial charge in [0.15, 0.2) is 0 Å². The first-order chi connectivity index (χ1) is 11.5. The average molecular weight is 408 g/mol. The number of halogens is 1. The monoisotopic (exact) mass is 407 g/mol. The van der Waals surface area contributed by atoms with Crippen LogP contribution in [0.1, 0.15) is 31.3 Å². The number of aromatic nitrogens is 2. The van der Waals surface area contributed by atoms with Gasteiger partial charge in [-0.3, -0.25) is 0 Å². The summed E-state index contributed by atoms with van der Waals surface area (Å²) in [5, 5.41) is 7.08. The molecule has 2 aromatic rings. The van der Waals surface area contributed by atoms with Gasteiger partial charge >= 0.3 is 5.22 Å². The van der Waals surface area contributed by atoms with E-state index in [-0.39, 0.29) is 17.6 Å². The smallest absolute Gasteiger partial charge is 0.335 e. The molecule has 11 heteroatoms. The Balaban J connectivity index is 2.23. The van der Waals surface area contributed by atoms with Crippen molar-refractivity contribution in [3.63, 3.8) is 0 Å². The van der Waals surface area contributed by atoms with Gasteiger partial charge in [0.2, 0.25) is 25.8 Å². The van der Waals surface area contributed by atoms with Crippen molar-refractivity contribution in [1.29, 1.82) is 0 Å². The first-order valence-electron chi connectivity index (χ1n) is 7.26. The molecule has 1 aromatic carbocycles. The minimum atomic E-state index is -3.74. The van der Waals surface area contributed by atoms with E-state index in [9.17, 15) is 16.8 Å². The molecule has 25 heavy (non-hydrogen) atoms. The standard InChI is InChI=1S/C14H18ClN3O5S2/c1-9(2)12(13-16-17-14(23-13)24(3,19)20)18-25(21,22)8-10-4-6-11(15)7-5-10/h4-7,9,12,18H,8H2,1-3H3/t12-/m0/s1. The molecule has 1 N–H and O–H groups in total. The van der Waals surface area contributed by atoms with Crippen LogP contribution < -0.4 is 4.72 Å². The molecule has 1 heterocycles. The molecule has 0 radical (unpaired) electrons. The summed E-state index contributed by atoms with van der Waals surface area (Å²) in [5.41, 5.74) is 0.557. The number of nitrogens with zero attached hydrogens (tertiary/aromatic N) is 2. The lowest BCUT2D eigenvalue weighted by Crippen LogP contribution is -2.33. The van der Waals surface area contributed by atoms with Crippen LogP contribution in [0.5, 0.6) is 0 Å². The fourth-order valence-corrected chi connectivity index (χ4v) is 4.03. The van der Waals surface area contributed by atoms with Gasteiger partial charge in [-0.1, -0.05) is 42.7 Å². The fraction of sp³-hybridized carbons (Fsp3) is 0.429. The van der Waals surface area contributed by atoms with E-state index in [0.717, 1.165) is 6.26 Å². The Bertz CT molecular complexity index is 937. The zero-order valence-electron chi connectivity index (χ0n) is 13.8. The van der Waals surface area contributed by atoms with Crippen molar-refractivity contribution in [2.75, 3.05) is 6.26 Å². The third kappa shape index (κ3) is 5.50. The third-order valence-electron chi connectivity index (χ3n) is 3.25. The predicted octanol–water partition coefficient (Wildman–Crippen LogP) is 1.94. The molecule has 0 spiro atoms. The summed E-state index contributed by atoms with van der Waals surface area (Å²) in [5.74, 6) is -0.608. The van der Waals surface area contributed by atoms with E-state index in [1.165, 1.54) is 0 Å². The maximum Gasteiger partial charge on any atom is 0.335 e. The molecule has 0 saturated heterocycles. The second-order valence-corrected chi connectivity index (χ2v) is 9.99. The third-order valence-corrected chi connectivity index (χ3v) is 5.63. The van der Waals surface area contributed by atoms with Crippen LogP contribution in [0.2, 0.25) is 5.02 Å². The van der Waals surface area contributed by atoms with Gasteiger partial charge in [-0.15, -0.1) is 5.10 Å². The molecular formula is C14H18ClN3O5S2. The maximum absolute atomic E-state index is 12.4. The van der Waals surface area contributed by atoms with E-state index in [0.29, 0.717) is 10.6 Å². The van der Waals surface area contributed by atoms with Crippen molar-refractivity contribution in [3.05, 3.63) is 40.7 Å². The van der Waals surface area contributed by atoms with Gasteiger partial charge in [-0.2, -0.15) is 0 Å². The molecule has 0 bridgehead atoms. The maximum atomic E-state index is 12.4. The topological polar surface area (TPSA) is 119 Å². The largest absolute Gasteiger partial charge is 0.411 e. The van der Waals surface area contributed by atoms with Crippen molar-refractivity contribution in [1.82, 2.24) is 14.9 Å². The molecule has 2 rings (SSSR count). The van der Waals surface area contributed by atoms with Crippen molar-refractivity contribution in [2.24, 2.45) is 5.92 Å². The van der Waals surface area contributed by atoms with E-state index in [2.05, 4.69) is 14.9 Å². The summed E-state index contributed by atoms with van der Waals surface area (Å²) in [7, 11) is -7.40. The molecule has 0 unspecified atom stereocenters. The van der Waals surface area contributed by atoms with E-state index in [1.54, 1.807) is 38.1 Å². The van der Waals surface area contributed by atoms with Crippen molar-refractivity contribution in [2.45, 2.75) is 30.9 Å². The van der Waals surface area contributed by atoms with Crippen LogP contribution in [0, 0.1) is 5.92 Å². The highest BCUT2D eigenvalue weighted by molar-refractivity contribution is 7.90. The van der Waals surface area contributed by atoms with Crippen LogP contribution in [0.15, 0.2) is 33.9 Å². The fourth-order valence-electron chi connectivity index (χ4n) is 2.00. The number of sulfonamides is 1. The van der Waals surface area contributed by atoms with Crippen LogP contribution >= 0.6 is 11.6 Å². The molecule has 0 fully saturated rings. The van der Waals surface area contributed by atoms with Crippen LogP contribution in [-0.4, -0.2) is 33.3 Å². The highest BCUT2D eigenvalue weighted by Gasteiger charge is 2.29. The van der Waals surface area contributed by atoms with Crippen molar-refractivity contribution in [3.8, 4) is 0 Å². The Labute approximate surface area is 151 Å². The normalized spacial score (nSPS) is 14.0. The number of rotatable bonds is 7. The van der Waals surface area contributed by atoms with Gasteiger partial charge in [0.05, 0.1) is 5.75 Å². The Morgan fingerprint density at radius 1 is 1.12 bits per heavy atom. The molecule has 0 aliphatic rings. The van der Waals surface area contributed by atoms with Gasteiger partial charge in [0, 0.05) is 11.3 Å². The zero-order valence-corrected chi connectivity index (χ0v) is 16.2. The van der Waals surface area contributed by atoms with E-state index < -0.39 is 31.1 Å². The van der Waals surface area contributed by atoms with Crippen LogP contribution in [0.4, 0.5) is 0 Å². The molecule has 138 valence electrons. The Morgan fingerprint density at radius 2 is 1.72 bits per heavy atom. The molecule has 1 aromatic heterocycles. The molecule has 0 aliphatic heterocycles. The van der Waals surface area contributed by atoms with Crippen LogP contribution in [0.3, 0.4) is 0 Å². The van der Waals surface area contributed by atoms with Gasteiger partial charge in [0.1, 0.15) is 6.04 Å². The average Bonchev–Trinajstić information content (AvgIpc) is 2.96. The number of hydrogen-bond donors (Lipinski definition) is 1. The summed E-state index contributed by atoms with van der Waals surface area (Å²) in [6.07, 6.45) is 0.930. The quantitative estimate of drug-likeness (QED) is 0.744. The van der Waals surface area contributed by atoms with Crippen LogP contribution in [0.25, 0.3) is 0 Å². The Morgan fingerprint density at radius 3 is 2.20 bits per heavy atom. The summed E-state index contributed by atoms with van der Waals surface area (Å²) in [6.45, 7) is 3.50. The van der Waals surface area contributed by atoms with Gasteiger partial charge < -0.3 is 4.42 Å². The van der Waals surface area contributed by atoms with Crippen LogP contribution in [-0.2, 0) is 25.6 Å². The zero-order chi connectivity index (χ0) is 18.8. The predicted molar refractivity (Wildman–Crippen MR) is 92.2 cm³/mol. The summed E-state index contributed by atoms with van der Waals surface area (Å²) in [6, 6.07) is 5.58. The Hall–Kier alpha value is -1.49. The first kappa shape index (κ1) is 19.8. The highest BCUT2D eigenvalue weighted by atomic mass is 35.5. The van der Waals surface area contributed by atoms with Crippen molar-refractivity contribution < 1.29 is 21.3 Å². The highest BCUT2D eigenvalue weighted by Crippen LogP contribution is 2.23. The second-order valence-electron chi connectivity index (χ2n) is 5.90. The van der Waals surface area contributed by atoms with E-state index >= 15 is 0 Å². The minimum absolute atomic E-state index is 0.102. The molecule has 0 saturated carbocycles. The lowest BCUT2D eigenvalue weighted by molar-refractivity contribution is 0.327. The first-order valence-corrected chi connectivity index (χ1v) is 11.2. The molecule has 1 atom stereocenters. The molecule has 8 nitrogen and oxygen atoms in total. The number of hydrogen-bond acceptors (Lipinski definition) is 7. The lowest BCUT2D eigenvalue weighted by Gasteiger charge is -2.18. The number of benzene rings is 1. The van der Waals surface area contributed by atoms with Gasteiger partial charge in [-0.05, 0) is 23.6 Å². The minimum Gasteiger partial charge on any atom is -0.411 e. The second kappa shape index (κ2) is 7.40. The molecule has 0 amide bonds. The number of nitrogens with one attached hydrogen (secondary N) is 1. The molecule has 0 aliphatic carbocycles. The number of sulfone groups is 1. The van der Waals surface area contributed by atoms with E-state index in [1.807, 2.05) is 0 Å². The summed E-state index contributed by atoms with van der Waals surface area (Å²) >= 11 is 5.79. The Kier molecular flexibility index (Phi) is 5.87. The summed E-state index contributed by atoms with van der Waals surface area (Å²) < 4.78 is 55.4. The summed E-state index contributed by atoms with van der Waals surface area (Å²) in [4.78, 5) is 0. The van der Waals surface area contributed by atoms with Crippen molar-refractivity contribution >= 4 is 31.5 Å². The van der Waals surface area contributed by atoms with Gasteiger partial charge in [-0.25, -0.2) is 21.6 Å². The lowest BCUT2D eigenvalue weighted by atomic mass is 10.1. The van der Waals surface area contributed by atoms with Gasteiger partial charge in [0.25, 0.3) is 0 Å².